The van der Waals surface area contributed by atoms with E-state index in [2.05, 4.69) is 23.7 Å². The highest BCUT2D eigenvalue weighted by molar-refractivity contribution is 5.88. The molecule has 4 rings (SSSR count). The number of carboxylic acid groups (broad SMARTS) is 1. The van der Waals surface area contributed by atoms with Gasteiger partial charge in [0, 0.05) is 48.0 Å². The first-order valence-corrected chi connectivity index (χ1v) is 13.6. The van der Waals surface area contributed by atoms with Crippen molar-refractivity contribution in [1.82, 2.24) is 9.97 Å². The topological polar surface area (TPSA) is 84.8 Å². The van der Waals surface area contributed by atoms with E-state index in [1.54, 1.807) is 12.4 Å². The van der Waals surface area contributed by atoms with Crippen molar-refractivity contribution in [3.8, 4) is 16.9 Å². The lowest BCUT2D eigenvalue weighted by molar-refractivity contribution is -0.160. The summed E-state index contributed by atoms with van der Waals surface area (Å²) in [5.41, 5.74) is 5.66. The first-order chi connectivity index (χ1) is 18.3. The van der Waals surface area contributed by atoms with Gasteiger partial charge in [-0.05, 0) is 88.3 Å². The standard InChI is InChI=1S/C32H41N3O4/c1-21-26(24-8-10-25(11-9-24)38-20-23-12-16-33-17-13-23)28(35-18-14-32(6,7)15-19-35)27(22(2)34-21)29(30(36)37)39-31(3,4)5/h8-13,16-17,29H,14-15,18-20H2,1-7H3,(H,36,37). The van der Waals surface area contributed by atoms with E-state index in [0.29, 0.717) is 17.9 Å². The molecule has 208 valence electrons. The van der Waals surface area contributed by atoms with Crippen LogP contribution in [0.1, 0.15) is 76.1 Å². The van der Waals surface area contributed by atoms with Gasteiger partial charge in [0.15, 0.2) is 6.10 Å². The SMILES string of the molecule is Cc1nc(C)c(C(OC(C)(C)C)C(=O)O)c(N2CCC(C)(C)CC2)c1-c1ccc(OCc2ccncc2)cc1. The van der Waals surface area contributed by atoms with Gasteiger partial charge in [-0.1, -0.05) is 26.0 Å². The van der Waals surface area contributed by atoms with E-state index in [9.17, 15) is 9.90 Å². The summed E-state index contributed by atoms with van der Waals surface area (Å²) in [5, 5.41) is 10.3. The summed E-state index contributed by atoms with van der Waals surface area (Å²) in [7, 11) is 0. The Bertz CT molecular complexity index is 1290. The van der Waals surface area contributed by atoms with Gasteiger partial charge in [0.25, 0.3) is 0 Å². The molecule has 1 aromatic carbocycles. The molecule has 0 bridgehead atoms. The van der Waals surface area contributed by atoms with Gasteiger partial charge >= 0.3 is 5.97 Å². The number of carbonyl (C=O) groups is 1. The average Bonchev–Trinajstić information content (AvgIpc) is 2.86. The Hall–Kier alpha value is -3.45. The summed E-state index contributed by atoms with van der Waals surface area (Å²) >= 11 is 0. The molecule has 3 heterocycles. The Kier molecular flexibility index (Phi) is 8.31. The van der Waals surface area contributed by atoms with Gasteiger partial charge in [-0.15, -0.1) is 0 Å². The molecule has 0 amide bonds. The van der Waals surface area contributed by atoms with Crippen LogP contribution in [0.25, 0.3) is 11.1 Å². The lowest BCUT2D eigenvalue weighted by atomic mass is 9.82. The molecule has 0 aliphatic carbocycles. The number of ether oxygens (including phenoxy) is 2. The van der Waals surface area contributed by atoms with Gasteiger partial charge < -0.3 is 19.5 Å². The molecular formula is C32H41N3O4. The van der Waals surface area contributed by atoms with Crippen molar-refractivity contribution in [3.63, 3.8) is 0 Å². The smallest absolute Gasteiger partial charge is 0.337 e. The highest BCUT2D eigenvalue weighted by Crippen LogP contribution is 2.45. The molecule has 1 N–H and O–H groups in total. The second kappa shape index (κ2) is 11.3. The Balaban J connectivity index is 1.79. The van der Waals surface area contributed by atoms with Crippen LogP contribution in [0.4, 0.5) is 5.69 Å². The molecule has 7 heteroatoms. The Morgan fingerprint density at radius 1 is 1.03 bits per heavy atom. The average molecular weight is 532 g/mol. The summed E-state index contributed by atoms with van der Waals surface area (Å²) in [5.74, 6) is -0.252. The number of hydrogen-bond acceptors (Lipinski definition) is 6. The number of nitrogens with zero attached hydrogens (tertiary/aromatic N) is 3. The van der Waals surface area contributed by atoms with Crippen LogP contribution in [0.5, 0.6) is 5.75 Å². The summed E-state index contributed by atoms with van der Waals surface area (Å²) in [6, 6.07) is 11.8. The molecule has 0 saturated carbocycles. The number of anilines is 1. The fourth-order valence-corrected chi connectivity index (χ4v) is 5.12. The number of aromatic nitrogens is 2. The third-order valence-corrected chi connectivity index (χ3v) is 7.27. The van der Waals surface area contributed by atoms with E-state index in [1.807, 2.05) is 71.0 Å². The maximum atomic E-state index is 12.6. The van der Waals surface area contributed by atoms with Crippen molar-refractivity contribution in [2.75, 3.05) is 18.0 Å². The zero-order valence-electron chi connectivity index (χ0n) is 24.2. The summed E-state index contributed by atoms with van der Waals surface area (Å²) in [6.07, 6.45) is 4.41. The van der Waals surface area contributed by atoms with Crippen LogP contribution < -0.4 is 9.64 Å². The maximum absolute atomic E-state index is 12.6. The number of rotatable bonds is 8. The first kappa shape index (κ1) is 28.6. The molecule has 3 aromatic rings. The quantitative estimate of drug-likeness (QED) is 0.338. The number of hydrogen-bond donors (Lipinski definition) is 1. The fourth-order valence-electron chi connectivity index (χ4n) is 5.12. The van der Waals surface area contributed by atoms with Crippen LogP contribution in [0.2, 0.25) is 0 Å². The monoisotopic (exact) mass is 531 g/mol. The summed E-state index contributed by atoms with van der Waals surface area (Å²) in [4.78, 5) is 23.9. The molecule has 1 unspecified atom stereocenters. The lowest BCUT2D eigenvalue weighted by Crippen LogP contribution is -2.39. The van der Waals surface area contributed by atoms with Gasteiger partial charge in [0.2, 0.25) is 0 Å². The maximum Gasteiger partial charge on any atom is 0.337 e. The summed E-state index contributed by atoms with van der Waals surface area (Å²) < 4.78 is 12.2. The number of carboxylic acids is 1. The molecule has 1 aliphatic heterocycles. The van der Waals surface area contributed by atoms with E-state index >= 15 is 0 Å². The third-order valence-electron chi connectivity index (χ3n) is 7.27. The minimum absolute atomic E-state index is 0.246. The van der Waals surface area contributed by atoms with E-state index in [-0.39, 0.29) is 5.41 Å². The highest BCUT2D eigenvalue weighted by atomic mass is 16.5. The van der Waals surface area contributed by atoms with Crippen molar-refractivity contribution in [2.45, 2.75) is 79.6 Å². The van der Waals surface area contributed by atoms with Gasteiger partial charge in [0.1, 0.15) is 12.4 Å². The second-order valence-corrected chi connectivity index (χ2v) is 12.2. The van der Waals surface area contributed by atoms with E-state index in [4.69, 9.17) is 14.5 Å². The number of piperidine rings is 1. The van der Waals surface area contributed by atoms with Crippen LogP contribution in [0.15, 0.2) is 48.8 Å². The van der Waals surface area contributed by atoms with Crippen LogP contribution in [0, 0.1) is 19.3 Å². The predicted molar refractivity (Wildman–Crippen MR) is 154 cm³/mol. The van der Waals surface area contributed by atoms with E-state index < -0.39 is 17.7 Å². The van der Waals surface area contributed by atoms with Crippen molar-refractivity contribution < 1.29 is 19.4 Å². The molecule has 0 radical (unpaired) electrons. The first-order valence-electron chi connectivity index (χ1n) is 13.6. The van der Waals surface area contributed by atoms with Crippen molar-refractivity contribution in [1.29, 1.82) is 0 Å². The largest absolute Gasteiger partial charge is 0.489 e. The van der Waals surface area contributed by atoms with Crippen LogP contribution >= 0.6 is 0 Å². The Labute approximate surface area is 232 Å². The predicted octanol–water partition coefficient (Wildman–Crippen LogP) is 6.91. The summed E-state index contributed by atoms with van der Waals surface area (Å²) in [6.45, 7) is 16.3. The number of aryl methyl sites for hydroxylation is 2. The van der Waals surface area contributed by atoms with Gasteiger partial charge in [-0.2, -0.15) is 0 Å². The Morgan fingerprint density at radius 3 is 2.21 bits per heavy atom. The zero-order valence-corrected chi connectivity index (χ0v) is 24.2. The van der Waals surface area contributed by atoms with Crippen molar-refractivity contribution in [3.05, 3.63) is 71.3 Å². The van der Waals surface area contributed by atoms with Gasteiger partial charge in [-0.25, -0.2) is 4.79 Å². The van der Waals surface area contributed by atoms with Crippen molar-refractivity contribution >= 4 is 11.7 Å². The molecule has 1 atom stereocenters. The van der Waals surface area contributed by atoms with Crippen LogP contribution in [-0.4, -0.2) is 39.7 Å². The molecule has 1 saturated heterocycles. The molecule has 1 aliphatic rings. The van der Waals surface area contributed by atoms with Crippen molar-refractivity contribution in [2.24, 2.45) is 5.41 Å². The van der Waals surface area contributed by atoms with Crippen LogP contribution in [0.3, 0.4) is 0 Å². The fraction of sp³-hybridized carbons (Fsp3) is 0.469. The molecule has 0 spiro atoms. The minimum Gasteiger partial charge on any atom is -0.489 e. The normalized spacial score (nSPS) is 16.1. The molecule has 1 fully saturated rings. The van der Waals surface area contributed by atoms with Gasteiger partial charge in [-0.3, -0.25) is 9.97 Å². The molecular weight excluding hydrogens is 490 g/mol. The lowest BCUT2D eigenvalue weighted by Gasteiger charge is -2.41. The molecule has 2 aromatic heterocycles. The van der Waals surface area contributed by atoms with E-state index in [1.165, 1.54) is 0 Å². The molecule has 39 heavy (non-hydrogen) atoms. The highest BCUT2D eigenvalue weighted by Gasteiger charge is 2.36. The number of pyridine rings is 2. The van der Waals surface area contributed by atoms with Gasteiger partial charge in [0.05, 0.1) is 11.3 Å². The Morgan fingerprint density at radius 2 is 1.64 bits per heavy atom. The number of aliphatic carboxylic acids is 1. The second-order valence-electron chi connectivity index (χ2n) is 12.2. The minimum atomic E-state index is -1.13. The molecule has 7 nitrogen and oxygen atoms in total. The zero-order chi connectivity index (χ0) is 28.4. The number of benzene rings is 1. The van der Waals surface area contributed by atoms with Crippen LogP contribution in [-0.2, 0) is 16.1 Å². The third kappa shape index (κ3) is 6.95. The van der Waals surface area contributed by atoms with E-state index in [0.717, 1.165) is 59.8 Å².